The summed E-state index contributed by atoms with van der Waals surface area (Å²) < 4.78 is 4.66. The number of nitrogens with zero attached hydrogens (tertiary/aromatic N) is 1. The number of ether oxygens (including phenoxy) is 1. The van der Waals surface area contributed by atoms with Gasteiger partial charge in [-0.25, -0.2) is 4.79 Å². The molecule has 2 rings (SSSR count). The molecule has 4 nitrogen and oxygen atoms in total. The van der Waals surface area contributed by atoms with Gasteiger partial charge in [-0.3, -0.25) is 4.90 Å². The highest BCUT2D eigenvalue weighted by Gasteiger charge is 2.10. The summed E-state index contributed by atoms with van der Waals surface area (Å²) in [7, 11) is 1.34. The Labute approximate surface area is 163 Å². The van der Waals surface area contributed by atoms with E-state index in [0.29, 0.717) is 29.6 Å². The van der Waals surface area contributed by atoms with Crippen molar-refractivity contribution in [3.8, 4) is 5.75 Å². The Kier molecular flexibility index (Phi) is 9.59. The van der Waals surface area contributed by atoms with E-state index in [1.807, 2.05) is 30.3 Å². The zero-order valence-electron chi connectivity index (χ0n) is 17.4. The molecular weight excluding hydrogens is 338 g/mol. The monoisotopic (exact) mass is 371 g/mol. The summed E-state index contributed by atoms with van der Waals surface area (Å²) in [5, 5.41) is 9.80. The smallest absolute Gasteiger partial charge is 0.337 e. The Morgan fingerprint density at radius 2 is 1.63 bits per heavy atom. The number of phenolic OH excluding ortho intramolecular Hbond substituents is 1. The second-order valence-electron chi connectivity index (χ2n) is 7.02. The van der Waals surface area contributed by atoms with Crippen LogP contribution >= 0.6 is 0 Å². The molecule has 27 heavy (non-hydrogen) atoms. The van der Waals surface area contributed by atoms with Crippen molar-refractivity contribution in [1.29, 1.82) is 0 Å². The first kappa shape index (κ1) is 22.7. The molecule has 1 N–H and O–H groups in total. The topological polar surface area (TPSA) is 49.8 Å². The average Bonchev–Trinajstić information content (AvgIpc) is 2.64. The van der Waals surface area contributed by atoms with Gasteiger partial charge in [0, 0.05) is 18.5 Å². The van der Waals surface area contributed by atoms with E-state index in [4.69, 9.17) is 0 Å². The van der Waals surface area contributed by atoms with E-state index in [2.05, 4.69) is 44.3 Å². The summed E-state index contributed by atoms with van der Waals surface area (Å²) in [5.74, 6) is -0.212. The van der Waals surface area contributed by atoms with Crippen LogP contribution in [0, 0.1) is 0 Å². The lowest BCUT2D eigenvalue weighted by atomic mass is 10.0. The molecule has 0 saturated heterocycles. The third kappa shape index (κ3) is 7.43. The fourth-order valence-electron chi connectivity index (χ4n) is 3.11. The molecule has 0 radical (unpaired) electrons. The zero-order valence-corrected chi connectivity index (χ0v) is 17.4. The minimum Gasteiger partial charge on any atom is -0.508 e. The molecule has 0 saturated carbocycles. The van der Waals surface area contributed by atoms with Gasteiger partial charge in [-0.05, 0) is 63.6 Å². The molecular formula is C23H33NO3. The summed E-state index contributed by atoms with van der Waals surface area (Å²) in [4.78, 5) is 13.9. The normalized spacial score (nSPS) is 10.7. The third-order valence-electron chi connectivity index (χ3n) is 4.43. The Hall–Kier alpha value is -2.33. The molecule has 4 heteroatoms. The van der Waals surface area contributed by atoms with Crippen LogP contribution in [0.4, 0.5) is 0 Å². The molecule has 0 aromatic heterocycles. The second-order valence-corrected chi connectivity index (χ2v) is 7.02. The van der Waals surface area contributed by atoms with Crippen LogP contribution in [0.25, 0.3) is 0 Å². The molecule has 0 aliphatic heterocycles. The van der Waals surface area contributed by atoms with Gasteiger partial charge in [-0.1, -0.05) is 37.3 Å². The van der Waals surface area contributed by atoms with E-state index >= 15 is 0 Å². The van der Waals surface area contributed by atoms with Gasteiger partial charge in [0.05, 0.1) is 12.7 Å². The summed E-state index contributed by atoms with van der Waals surface area (Å²) in [6.45, 7) is 12.3. The fourth-order valence-corrected chi connectivity index (χ4v) is 3.11. The van der Waals surface area contributed by atoms with Gasteiger partial charge in [0.25, 0.3) is 0 Å². The lowest BCUT2D eigenvalue weighted by Crippen LogP contribution is -2.36. The van der Waals surface area contributed by atoms with Crippen molar-refractivity contribution in [2.45, 2.75) is 53.1 Å². The summed E-state index contributed by atoms with van der Waals surface area (Å²) in [6, 6.07) is 15.9. The van der Waals surface area contributed by atoms with Crippen molar-refractivity contribution < 1.29 is 14.6 Å². The first-order valence-electron chi connectivity index (χ1n) is 9.50. The molecule has 2 aromatic rings. The van der Waals surface area contributed by atoms with Gasteiger partial charge in [-0.15, -0.1) is 0 Å². The predicted molar refractivity (Wildman–Crippen MR) is 111 cm³/mol. The van der Waals surface area contributed by atoms with Crippen LogP contribution < -0.4 is 0 Å². The summed E-state index contributed by atoms with van der Waals surface area (Å²) >= 11 is 0. The van der Waals surface area contributed by atoms with Gasteiger partial charge in [0.2, 0.25) is 0 Å². The van der Waals surface area contributed by atoms with Crippen LogP contribution in [0.2, 0.25) is 0 Å². The molecule has 0 aliphatic carbocycles. The second kappa shape index (κ2) is 11.4. The van der Waals surface area contributed by atoms with E-state index in [0.717, 1.165) is 12.1 Å². The first-order chi connectivity index (χ1) is 12.8. The van der Waals surface area contributed by atoms with Crippen molar-refractivity contribution in [3.05, 3.63) is 65.2 Å². The number of benzene rings is 2. The van der Waals surface area contributed by atoms with Crippen LogP contribution in [0.3, 0.4) is 0 Å². The molecule has 0 unspecified atom stereocenters. The Bertz CT molecular complexity index is 688. The Balaban J connectivity index is 0.000000345. The molecule has 2 aromatic carbocycles. The highest BCUT2D eigenvalue weighted by molar-refractivity contribution is 5.89. The van der Waals surface area contributed by atoms with E-state index in [-0.39, 0.29) is 5.75 Å². The predicted octanol–water partition coefficient (Wildman–Crippen LogP) is 4.89. The maximum Gasteiger partial charge on any atom is 0.337 e. The van der Waals surface area contributed by atoms with Gasteiger partial charge >= 0.3 is 5.97 Å². The lowest BCUT2D eigenvalue weighted by Gasteiger charge is -2.28. The summed E-state index contributed by atoms with van der Waals surface area (Å²) in [5.41, 5.74) is 2.24. The fraction of sp³-hybridized carbons (Fsp3) is 0.435. The number of hydrogen-bond donors (Lipinski definition) is 1. The first-order valence-corrected chi connectivity index (χ1v) is 9.50. The molecule has 0 spiro atoms. The van der Waals surface area contributed by atoms with Crippen LogP contribution in [-0.2, 0) is 11.2 Å². The van der Waals surface area contributed by atoms with E-state index in [1.54, 1.807) is 12.1 Å². The maximum atomic E-state index is 11.4. The minimum absolute atomic E-state index is 0.187. The van der Waals surface area contributed by atoms with E-state index in [1.165, 1.54) is 13.2 Å². The third-order valence-corrected chi connectivity index (χ3v) is 4.43. The number of rotatable bonds is 6. The van der Waals surface area contributed by atoms with Crippen molar-refractivity contribution in [3.63, 3.8) is 0 Å². The van der Waals surface area contributed by atoms with Crippen LogP contribution in [0.1, 0.15) is 56.1 Å². The van der Waals surface area contributed by atoms with Gasteiger partial charge in [-0.2, -0.15) is 0 Å². The van der Waals surface area contributed by atoms with Crippen molar-refractivity contribution in [2.75, 3.05) is 13.7 Å². The van der Waals surface area contributed by atoms with Gasteiger partial charge in [0.1, 0.15) is 5.75 Å². The zero-order chi connectivity index (χ0) is 20.4. The summed E-state index contributed by atoms with van der Waals surface area (Å²) in [6.07, 6.45) is 0.581. The standard InChI is InChI=1S/C15H14O3.C8H19N/c1-18-15(17)12-7-8-14(16)13(10-12)9-11-5-3-2-4-6-11;1-6-9(7(2)3)8(4)5/h2-8,10,16H,9H2,1H3;7-8H,6H2,1-5H3. The molecule has 0 amide bonds. The highest BCUT2D eigenvalue weighted by atomic mass is 16.5. The van der Waals surface area contributed by atoms with Gasteiger partial charge in [0.15, 0.2) is 0 Å². The molecule has 0 fully saturated rings. The van der Waals surface area contributed by atoms with Crippen LogP contribution in [-0.4, -0.2) is 41.7 Å². The van der Waals surface area contributed by atoms with Crippen LogP contribution in [0.15, 0.2) is 48.5 Å². The van der Waals surface area contributed by atoms with Crippen molar-refractivity contribution in [2.24, 2.45) is 0 Å². The quantitative estimate of drug-likeness (QED) is 0.734. The number of phenols is 1. The molecule has 0 aliphatic rings. The van der Waals surface area contributed by atoms with E-state index in [9.17, 15) is 9.90 Å². The average molecular weight is 372 g/mol. The molecule has 148 valence electrons. The number of aromatic hydroxyl groups is 1. The number of carbonyl (C=O) groups is 1. The molecule has 0 atom stereocenters. The van der Waals surface area contributed by atoms with Crippen molar-refractivity contribution >= 4 is 5.97 Å². The number of carbonyl (C=O) groups excluding carboxylic acids is 1. The molecule has 0 heterocycles. The van der Waals surface area contributed by atoms with Gasteiger partial charge < -0.3 is 9.84 Å². The van der Waals surface area contributed by atoms with Crippen LogP contribution in [0.5, 0.6) is 5.75 Å². The van der Waals surface area contributed by atoms with E-state index < -0.39 is 5.97 Å². The SMILES string of the molecule is CCN(C(C)C)C(C)C.COC(=O)c1ccc(O)c(Cc2ccccc2)c1. The largest absolute Gasteiger partial charge is 0.508 e. The molecule has 0 bridgehead atoms. The maximum absolute atomic E-state index is 11.4. The minimum atomic E-state index is -0.399. The Morgan fingerprint density at radius 3 is 2.07 bits per heavy atom. The number of hydrogen-bond acceptors (Lipinski definition) is 4. The number of methoxy groups -OCH3 is 1. The highest BCUT2D eigenvalue weighted by Crippen LogP contribution is 2.22. The van der Waals surface area contributed by atoms with Crippen molar-refractivity contribution in [1.82, 2.24) is 4.90 Å². The lowest BCUT2D eigenvalue weighted by molar-refractivity contribution is 0.0600. The number of esters is 1. The Morgan fingerprint density at radius 1 is 1.04 bits per heavy atom.